The van der Waals surface area contributed by atoms with Crippen LogP contribution in [0, 0.1) is 5.82 Å². The zero-order chi connectivity index (χ0) is 11.5. The van der Waals surface area contributed by atoms with Crippen LogP contribution in [0.25, 0.3) is 0 Å². The number of hydrogen-bond acceptors (Lipinski definition) is 3. The summed E-state index contributed by atoms with van der Waals surface area (Å²) in [5, 5.41) is 0. The van der Waals surface area contributed by atoms with Gasteiger partial charge in [-0.05, 0) is 12.1 Å². The Morgan fingerprint density at radius 1 is 1.50 bits per heavy atom. The number of halogens is 1. The van der Waals surface area contributed by atoms with E-state index in [1.165, 1.54) is 25.3 Å². The van der Waals surface area contributed by atoms with Gasteiger partial charge < -0.3 is 14.4 Å². The molecule has 1 aromatic rings. The molecule has 1 aliphatic rings. The molecule has 1 aliphatic heterocycles. The molecule has 86 valence electrons. The van der Waals surface area contributed by atoms with E-state index in [1.54, 1.807) is 4.90 Å². The number of amides is 1. The Labute approximate surface area is 92.6 Å². The first-order chi connectivity index (χ1) is 7.72. The van der Waals surface area contributed by atoms with Crippen LogP contribution < -0.4 is 9.64 Å². The Kier molecular flexibility index (Phi) is 3.05. The molecule has 5 heteroatoms. The van der Waals surface area contributed by atoms with Crippen LogP contribution in [0.4, 0.5) is 10.1 Å². The van der Waals surface area contributed by atoms with Crippen molar-refractivity contribution in [2.75, 3.05) is 31.8 Å². The highest BCUT2D eigenvalue weighted by Crippen LogP contribution is 2.29. The minimum atomic E-state index is -0.388. The van der Waals surface area contributed by atoms with Crippen LogP contribution in [0.15, 0.2) is 18.2 Å². The van der Waals surface area contributed by atoms with Crippen LogP contribution in [0.2, 0.25) is 0 Å². The molecule has 0 spiro atoms. The normalized spacial score (nSPS) is 16.4. The quantitative estimate of drug-likeness (QED) is 0.759. The van der Waals surface area contributed by atoms with Gasteiger partial charge in [-0.25, -0.2) is 4.39 Å². The number of nitrogens with zero attached hydrogens (tertiary/aromatic N) is 1. The van der Waals surface area contributed by atoms with Gasteiger partial charge in [-0.1, -0.05) is 0 Å². The predicted octanol–water partition coefficient (Wildman–Crippen LogP) is 1.20. The minimum absolute atomic E-state index is 0.0561. The third-order valence-corrected chi connectivity index (χ3v) is 2.42. The molecule has 1 heterocycles. The molecule has 1 amide bonds. The van der Waals surface area contributed by atoms with Crippen molar-refractivity contribution in [1.82, 2.24) is 0 Å². The molecule has 0 saturated carbocycles. The summed E-state index contributed by atoms with van der Waals surface area (Å²) < 4.78 is 23.1. The van der Waals surface area contributed by atoms with Gasteiger partial charge in [0, 0.05) is 12.6 Å². The van der Waals surface area contributed by atoms with Gasteiger partial charge >= 0.3 is 0 Å². The van der Waals surface area contributed by atoms with Crippen LogP contribution >= 0.6 is 0 Å². The molecule has 1 aromatic carbocycles. The van der Waals surface area contributed by atoms with Crippen molar-refractivity contribution in [3.8, 4) is 5.75 Å². The van der Waals surface area contributed by atoms with E-state index in [1.807, 2.05) is 0 Å². The van der Waals surface area contributed by atoms with Gasteiger partial charge in [-0.15, -0.1) is 0 Å². The van der Waals surface area contributed by atoms with E-state index in [9.17, 15) is 9.18 Å². The van der Waals surface area contributed by atoms with Gasteiger partial charge in [0.15, 0.2) is 0 Å². The van der Waals surface area contributed by atoms with Gasteiger partial charge in [0.1, 0.15) is 18.2 Å². The highest BCUT2D eigenvalue weighted by atomic mass is 19.1. The summed E-state index contributed by atoms with van der Waals surface area (Å²) in [5.41, 5.74) is 0.581. The molecular weight excluding hydrogens is 213 g/mol. The monoisotopic (exact) mass is 225 g/mol. The Morgan fingerprint density at radius 2 is 2.31 bits per heavy atom. The van der Waals surface area contributed by atoms with Crippen LogP contribution in [-0.4, -0.2) is 32.8 Å². The third kappa shape index (κ3) is 1.99. The second-order valence-corrected chi connectivity index (χ2v) is 3.41. The number of ether oxygens (including phenoxy) is 2. The minimum Gasteiger partial charge on any atom is -0.494 e. The summed E-state index contributed by atoms with van der Waals surface area (Å²) in [6.45, 7) is 0.994. The largest absolute Gasteiger partial charge is 0.494 e. The molecule has 0 atom stereocenters. The molecule has 0 aliphatic carbocycles. The average Bonchev–Trinajstić information content (AvgIpc) is 2.30. The van der Waals surface area contributed by atoms with Gasteiger partial charge in [0.2, 0.25) is 0 Å². The fourth-order valence-corrected chi connectivity index (χ4v) is 1.65. The van der Waals surface area contributed by atoms with Crippen molar-refractivity contribution < 1.29 is 18.7 Å². The topological polar surface area (TPSA) is 38.8 Å². The summed E-state index contributed by atoms with van der Waals surface area (Å²) in [5.74, 6) is -0.173. The maximum atomic E-state index is 13.0. The summed E-state index contributed by atoms with van der Waals surface area (Å²) >= 11 is 0. The molecule has 0 radical (unpaired) electrons. The van der Waals surface area contributed by atoms with Crippen molar-refractivity contribution in [2.45, 2.75) is 0 Å². The smallest absolute Gasteiger partial charge is 0.253 e. The van der Waals surface area contributed by atoms with Gasteiger partial charge in [-0.2, -0.15) is 0 Å². The highest BCUT2D eigenvalue weighted by Gasteiger charge is 2.23. The highest BCUT2D eigenvalue weighted by molar-refractivity contribution is 5.96. The van der Waals surface area contributed by atoms with Crippen molar-refractivity contribution in [3.63, 3.8) is 0 Å². The van der Waals surface area contributed by atoms with Crippen molar-refractivity contribution >= 4 is 11.6 Å². The van der Waals surface area contributed by atoms with E-state index >= 15 is 0 Å². The fourth-order valence-electron chi connectivity index (χ4n) is 1.65. The van der Waals surface area contributed by atoms with E-state index in [-0.39, 0.29) is 18.3 Å². The number of benzene rings is 1. The lowest BCUT2D eigenvalue weighted by Gasteiger charge is -2.28. The SMILES string of the molecule is COc1cc(F)ccc1N1CCOCC1=O. The van der Waals surface area contributed by atoms with E-state index in [2.05, 4.69) is 0 Å². The van der Waals surface area contributed by atoms with Crippen LogP contribution in [-0.2, 0) is 9.53 Å². The Hall–Kier alpha value is -1.62. The summed E-state index contributed by atoms with van der Waals surface area (Å²) in [6, 6.07) is 4.11. The van der Waals surface area contributed by atoms with Crippen molar-refractivity contribution in [2.24, 2.45) is 0 Å². The van der Waals surface area contributed by atoms with Gasteiger partial charge in [-0.3, -0.25) is 4.79 Å². The molecule has 0 N–H and O–H groups in total. The van der Waals surface area contributed by atoms with E-state index in [0.717, 1.165) is 0 Å². The van der Waals surface area contributed by atoms with Gasteiger partial charge in [0.25, 0.3) is 5.91 Å². The first-order valence-corrected chi connectivity index (χ1v) is 4.94. The van der Waals surface area contributed by atoms with Crippen LogP contribution in [0.1, 0.15) is 0 Å². The Balaban J connectivity index is 2.34. The maximum Gasteiger partial charge on any atom is 0.253 e. The number of methoxy groups -OCH3 is 1. The van der Waals surface area contributed by atoms with Crippen molar-refractivity contribution in [3.05, 3.63) is 24.0 Å². The number of rotatable bonds is 2. The number of carbonyl (C=O) groups is 1. The summed E-state index contributed by atoms with van der Waals surface area (Å²) in [7, 11) is 1.45. The third-order valence-electron chi connectivity index (χ3n) is 2.42. The molecule has 1 fully saturated rings. The molecule has 0 bridgehead atoms. The molecule has 1 saturated heterocycles. The lowest BCUT2D eigenvalue weighted by atomic mass is 10.2. The van der Waals surface area contributed by atoms with Gasteiger partial charge in [0.05, 0.1) is 19.4 Å². The maximum absolute atomic E-state index is 13.0. The summed E-state index contributed by atoms with van der Waals surface area (Å²) in [4.78, 5) is 13.1. The number of hydrogen-bond donors (Lipinski definition) is 0. The Morgan fingerprint density at radius 3 is 3.00 bits per heavy atom. The van der Waals surface area contributed by atoms with E-state index in [0.29, 0.717) is 24.6 Å². The Bertz CT molecular complexity index is 408. The van der Waals surface area contributed by atoms with Crippen LogP contribution in [0.3, 0.4) is 0 Å². The standard InChI is InChI=1S/C11H12FNO3/c1-15-10-6-8(12)2-3-9(10)13-4-5-16-7-11(13)14/h2-3,6H,4-5,7H2,1H3. The molecule has 16 heavy (non-hydrogen) atoms. The van der Waals surface area contributed by atoms with Crippen LogP contribution in [0.5, 0.6) is 5.75 Å². The molecule has 2 rings (SSSR count). The predicted molar refractivity (Wildman–Crippen MR) is 56.1 cm³/mol. The number of anilines is 1. The second kappa shape index (κ2) is 4.49. The lowest BCUT2D eigenvalue weighted by molar-refractivity contribution is -0.125. The zero-order valence-electron chi connectivity index (χ0n) is 8.90. The number of carbonyl (C=O) groups excluding carboxylic acids is 1. The van der Waals surface area contributed by atoms with Crippen molar-refractivity contribution in [1.29, 1.82) is 0 Å². The van der Waals surface area contributed by atoms with E-state index in [4.69, 9.17) is 9.47 Å². The average molecular weight is 225 g/mol. The molecule has 0 aromatic heterocycles. The first kappa shape index (κ1) is 10.9. The molecule has 0 unspecified atom stereocenters. The van der Waals surface area contributed by atoms with E-state index < -0.39 is 0 Å². The summed E-state index contributed by atoms with van der Waals surface area (Å²) in [6.07, 6.45) is 0. The molecule has 4 nitrogen and oxygen atoms in total. The lowest BCUT2D eigenvalue weighted by Crippen LogP contribution is -2.41. The number of morpholine rings is 1. The molecular formula is C11H12FNO3. The zero-order valence-corrected chi connectivity index (χ0v) is 8.90. The second-order valence-electron chi connectivity index (χ2n) is 3.41. The first-order valence-electron chi connectivity index (χ1n) is 4.94. The fraction of sp³-hybridized carbons (Fsp3) is 0.364.